The van der Waals surface area contributed by atoms with E-state index in [-0.39, 0.29) is 18.9 Å². The van der Waals surface area contributed by atoms with Gasteiger partial charge in [-0.3, -0.25) is 9.59 Å². The van der Waals surface area contributed by atoms with Crippen molar-refractivity contribution in [2.75, 3.05) is 5.32 Å². The second-order valence-corrected chi connectivity index (χ2v) is 4.55. The normalized spacial score (nSPS) is 12.0. The maximum Gasteiger partial charge on any atom is 0.303 e. The number of nitrogens with two attached hydrogens (primary N) is 1. The van der Waals surface area contributed by atoms with Crippen LogP contribution in [0.3, 0.4) is 0 Å². The lowest BCUT2D eigenvalue weighted by Gasteiger charge is -2.15. The number of pyridine rings is 1. The van der Waals surface area contributed by atoms with Gasteiger partial charge in [0.25, 0.3) is 0 Å². The summed E-state index contributed by atoms with van der Waals surface area (Å²) in [6.45, 7) is 3.69. The standard InChI is InChI=1S/C13H19N3O4/c1-8(2)20-13-10(4-3-7-15-13)16-12(19)9(14)5-6-11(17)18/h3-4,7-9H,5-6,14H2,1-2H3,(H,16,19)(H,17,18). The molecule has 0 bridgehead atoms. The molecule has 0 aliphatic carbocycles. The number of ether oxygens (including phenoxy) is 1. The number of rotatable bonds is 7. The molecule has 1 unspecified atom stereocenters. The van der Waals surface area contributed by atoms with Crippen LogP contribution in [0.2, 0.25) is 0 Å². The summed E-state index contributed by atoms with van der Waals surface area (Å²) in [6, 6.07) is 2.41. The van der Waals surface area contributed by atoms with Gasteiger partial charge in [-0.1, -0.05) is 0 Å². The maximum atomic E-state index is 11.9. The monoisotopic (exact) mass is 281 g/mol. The first kappa shape index (κ1) is 15.9. The molecule has 1 aromatic heterocycles. The van der Waals surface area contributed by atoms with Crippen molar-refractivity contribution in [2.24, 2.45) is 5.73 Å². The van der Waals surface area contributed by atoms with Crippen LogP contribution in [0.1, 0.15) is 26.7 Å². The van der Waals surface area contributed by atoms with Crippen LogP contribution in [0.5, 0.6) is 5.88 Å². The molecule has 0 saturated heterocycles. The summed E-state index contributed by atoms with van der Waals surface area (Å²) in [4.78, 5) is 26.3. The third-order valence-electron chi connectivity index (χ3n) is 2.38. The minimum Gasteiger partial charge on any atom is -0.481 e. The number of aromatic nitrogens is 1. The molecule has 1 heterocycles. The van der Waals surface area contributed by atoms with E-state index < -0.39 is 17.9 Å². The molecule has 1 atom stereocenters. The van der Waals surface area contributed by atoms with E-state index in [2.05, 4.69) is 10.3 Å². The van der Waals surface area contributed by atoms with E-state index in [1.165, 1.54) is 0 Å². The Bertz CT molecular complexity index is 476. The molecule has 20 heavy (non-hydrogen) atoms. The number of nitrogens with zero attached hydrogens (tertiary/aromatic N) is 1. The molecule has 0 aromatic carbocycles. The van der Waals surface area contributed by atoms with Crippen LogP contribution < -0.4 is 15.8 Å². The zero-order chi connectivity index (χ0) is 15.1. The Morgan fingerprint density at radius 2 is 2.20 bits per heavy atom. The Labute approximate surface area is 117 Å². The van der Waals surface area contributed by atoms with E-state index in [0.29, 0.717) is 11.6 Å². The minimum atomic E-state index is -0.988. The summed E-state index contributed by atoms with van der Waals surface area (Å²) in [5, 5.41) is 11.2. The number of carbonyl (C=O) groups is 2. The fourth-order valence-corrected chi connectivity index (χ4v) is 1.44. The molecular formula is C13H19N3O4. The third-order valence-corrected chi connectivity index (χ3v) is 2.38. The van der Waals surface area contributed by atoms with Crippen LogP contribution in [0, 0.1) is 0 Å². The lowest BCUT2D eigenvalue weighted by molar-refractivity contribution is -0.137. The van der Waals surface area contributed by atoms with Crippen LogP contribution >= 0.6 is 0 Å². The first-order valence-corrected chi connectivity index (χ1v) is 6.30. The van der Waals surface area contributed by atoms with Gasteiger partial charge in [0.15, 0.2) is 0 Å². The van der Waals surface area contributed by atoms with Crippen molar-refractivity contribution < 1.29 is 19.4 Å². The van der Waals surface area contributed by atoms with E-state index in [4.69, 9.17) is 15.6 Å². The minimum absolute atomic E-state index is 0.0712. The quantitative estimate of drug-likeness (QED) is 0.687. The first-order chi connectivity index (χ1) is 9.40. The first-order valence-electron chi connectivity index (χ1n) is 6.30. The van der Waals surface area contributed by atoms with Gasteiger partial charge in [0.05, 0.1) is 12.1 Å². The zero-order valence-electron chi connectivity index (χ0n) is 11.5. The Balaban J connectivity index is 2.67. The molecule has 0 aliphatic rings. The van der Waals surface area contributed by atoms with Crippen molar-refractivity contribution >= 4 is 17.6 Å². The average molecular weight is 281 g/mol. The van der Waals surface area contributed by atoms with Gasteiger partial charge in [0.1, 0.15) is 5.69 Å². The molecule has 0 radical (unpaired) electrons. The summed E-state index contributed by atoms with van der Waals surface area (Å²) < 4.78 is 5.46. The topological polar surface area (TPSA) is 115 Å². The van der Waals surface area contributed by atoms with Crippen molar-refractivity contribution in [3.63, 3.8) is 0 Å². The Hall–Kier alpha value is -2.15. The van der Waals surface area contributed by atoms with Crippen LogP contribution in [0.15, 0.2) is 18.3 Å². The highest BCUT2D eigenvalue weighted by Gasteiger charge is 2.17. The molecule has 7 nitrogen and oxygen atoms in total. The van der Waals surface area contributed by atoms with E-state index in [9.17, 15) is 9.59 Å². The Morgan fingerprint density at radius 3 is 2.80 bits per heavy atom. The molecule has 0 spiro atoms. The fraction of sp³-hybridized carbons (Fsp3) is 0.462. The number of hydrogen-bond acceptors (Lipinski definition) is 5. The Morgan fingerprint density at radius 1 is 1.50 bits per heavy atom. The number of carboxylic acid groups (broad SMARTS) is 1. The Kier molecular flexibility index (Phi) is 5.92. The maximum absolute atomic E-state index is 11.9. The number of aliphatic carboxylic acids is 1. The van der Waals surface area contributed by atoms with Crippen LogP contribution in [-0.2, 0) is 9.59 Å². The molecular weight excluding hydrogens is 262 g/mol. The smallest absolute Gasteiger partial charge is 0.303 e. The highest BCUT2D eigenvalue weighted by molar-refractivity contribution is 5.95. The van der Waals surface area contributed by atoms with E-state index in [0.717, 1.165) is 0 Å². The highest BCUT2D eigenvalue weighted by Crippen LogP contribution is 2.21. The number of amides is 1. The third kappa shape index (κ3) is 5.23. The van der Waals surface area contributed by atoms with Crippen molar-refractivity contribution in [3.8, 4) is 5.88 Å². The van der Waals surface area contributed by atoms with Crippen LogP contribution in [0.4, 0.5) is 5.69 Å². The van der Waals surface area contributed by atoms with Crippen LogP contribution in [-0.4, -0.2) is 34.1 Å². The number of carboxylic acids is 1. The SMILES string of the molecule is CC(C)Oc1ncccc1NC(=O)C(N)CCC(=O)O. The largest absolute Gasteiger partial charge is 0.481 e. The summed E-state index contributed by atoms with van der Waals surface area (Å²) in [5.74, 6) is -1.15. The number of hydrogen-bond donors (Lipinski definition) is 3. The molecule has 1 aromatic rings. The molecule has 1 amide bonds. The van der Waals surface area contributed by atoms with Gasteiger partial charge in [-0.15, -0.1) is 0 Å². The molecule has 0 aliphatic heterocycles. The predicted molar refractivity (Wildman–Crippen MR) is 73.5 cm³/mol. The summed E-state index contributed by atoms with van der Waals surface area (Å²) >= 11 is 0. The summed E-state index contributed by atoms with van der Waals surface area (Å²) in [6.07, 6.45) is 1.39. The summed E-state index contributed by atoms with van der Waals surface area (Å²) in [5.41, 5.74) is 6.04. The average Bonchev–Trinajstić information content (AvgIpc) is 2.37. The van der Waals surface area contributed by atoms with Gasteiger partial charge in [0, 0.05) is 12.6 Å². The van der Waals surface area contributed by atoms with Crippen LogP contribution in [0.25, 0.3) is 0 Å². The van der Waals surface area contributed by atoms with E-state index in [1.807, 2.05) is 13.8 Å². The molecule has 0 saturated carbocycles. The van der Waals surface area contributed by atoms with Gasteiger partial charge < -0.3 is 20.9 Å². The molecule has 4 N–H and O–H groups in total. The number of nitrogens with one attached hydrogen (secondary N) is 1. The van der Waals surface area contributed by atoms with Crippen molar-refractivity contribution in [1.82, 2.24) is 4.98 Å². The zero-order valence-corrected chi connectivity index (χ0v) is 11.5. The van der Waals surface area contributed by atoms with Crippen molar-refractivity contribution in [1.29, 1.82) is 0 Å². The molecule has 7 heteroatoms. The van der Waals surface area contributed by atoms with Gasteiger partial charge in [0.2, 0.25) is 11.8 Å². The number of carbonyl (C=O) groups excluding carboxylic acids is 1. The van der Waals surface area contributed by atoms with Crippen molar-refractivity contribution in [2.45, 2.75) is 38.8 Å². The van der Waals surface area contributed by atoms with Crippen molar-refractivity contribution in [3.05, 3.63) is 18.3 Å². The second-order valence-electron chi connectivity index (χ2n) is 4.55. The number of anilines is 1. The molecule has 1 rings (SSSR count). The van der Waals surface area contributed by atoms with E-state index >= 15 is 0 Å². The van der Waals surface area contributed by atoms with Gasteiger partial charge in [-0.25, -0.2) is 4.98 Å². The summed E-state index contributed by atoms with van der Waals surface area (Å²) in [7, 11) is 0. The fourth-order valence-electron chi connectivity index (χ4n) is 1.44. The lowest BCUT2D eigenvalue weighted by atomic mass is 10.1. The van der Waals surface area contributed by atoms with Gasteiger partial charge >= 0.3 is 5.97 Å². The highest BCUT2D eigenvalue weighted by atomic mass is 16.5. The predicted octanol–water partition coefficient (Wildman–Crippen LogP) is 0.999. The van der Waals surface area contributed by atoms with E-state index in [1.54, 1.807) is 18.3 Å². The lowest BCUT2D eigenvalue weighted by Crippen LogP contribution is -2.36. The van der Waals surface area contributed by atoms with Gasteiger partial charge in [-0.05, 0) is 32.4 Å². The van der Waals surface area contributed by atoms with Gasteiger partial charge in [-0.2, -0.15) is 0 Å². The second kappa shape index (κ2) is 7.44. The molecule has 0 fully saturated rings. The molecule has 110 valence electrons.